The summed E-state index contributed by atoms with van der Waals surface area (Å²) >= 11 is 0. The lowest BCUT2D eigenvalue weighted by Crippen LogP contribution is -2.03. The molecule has 0 saturated carbocycles. The van der Waals surface area contributed by atoms with Gasteiger partial charge < -0.3 is 16.0 Å². The fourth-order valence-corrected chi connectivity index (χ4v) is 1.45. The monoisotopic (exact) mass is 202 g/mol. The Kier molecular flexibility index (Phi) is 1.94. The predicted molar refractivity (Wildman–Crippen MR) is 57.8 cm³/mol. The number of anilines is 2. The first kappa shape index (κ1) is 9.27. The molecule has 0 atom stereocenters. The number of hydrogen-bond donors (Lipinski definition) is 2. The van der Waals surface area contributed by atoms with Gasteiger partial charge in [0, 0.05) is 6.54 Å². The van der Waals surface area contributed by atoms with Gasteiger partial charge in [-0.25, -0.2) is 4.98 Å². The molecule has 6 heteroatoms. The zero-order chi connectivity index (χ0) is 11.0. The van der Waals surface area contributed by atoms with Gasteiger partial charge in [-0.15, -0.1) is 6.42 Å². The molecule has 2 aromatic rings. The first-order chi connectivity index (χ1) is 7.17. The molecule has 0 aliphatic rings. The minimum absolute atomic E-state index is 0.123. The van der Waals surface area contributed by atoms with Crippen molar-refractivity contribution in [1.82, 2.24) is 19.5 Å². The van der Waals surface area contributed by atoms with E-state index in [9.17, 15) is 0 Å². The minimum atomic E-state index is 0.123. The summed E-state index contributed by atoms with van der Waals surface area (Å²) in [5.41, 5.74) is 12.3. The number of nitrogens with two attached hydrogens (primary N) is 2. The number of terminal acetylenes is 1. The van der Waals surface area contributed by atoms with Gasteiger partial charge in [-0.1, -0.05) is 0 Å². The van der Waals surface area contributed by atoms with E-state index in [0.29, 0.717) is 23.5 Å². The molecule has 0 aromatic carbocycles. The smallest absolute Gasteiger partial charge is 0.224 e. The second kappa shape index (κ2) is 3.13. The molecule has 0 aliphatic carbocycles. The normalized spacial score (nSPS) is 10.4. The third-order valence-electron chi connectivity index (χ3n) is 2.08. The maximum absolute atomic E-state index is 5.67. The Bertz CT molecular complexity index is 562. The Balaban J connectivity index is 2.90. The Morgan fingerprint density at radius 1 is 1.33 bits per heavy atom. The molecule has 6 nitrogen and oxygen atoms in total. The summed E-state index contributed by atoms with van der Waals surface area (Å²) in [5.74, 6) is 3.33. The predicted octanol–water partition coefficient (Wildman–Crippen LogP) is -0.00810. The number of aryl methyl sites for hydroxylation is 1. The zero-order valence-electron chi connectivity index (χ0n) is 8.23. The molecule has 0 unspecified atom stereocenters. The molecule has 0 aliphatic heterocycles. The van der Waals surface area contributed by atoms with Crippen LogP contribution in [0.1, 0.15) is 12.7 Å². The van der Waals surface area contributed by atoms with Crippen LogP contribution in [0.25, 0.3) is 11.2 Å². The van der Waals surface area contributed by atoms with E-state index >= 15 is 0 Å². The fraction of sp³-hybridized carbons (Fsp3) is 0.222. The largest absolute Gasteiger partial charge is 0.382 e. The second-order valence-electron chi connectivity index (χ2n) is 2.96. The quantitative estimate of drug-likeness (QED) is 0.634. The highest BCUT2D eigenvalue weighted by molar-refractivity contribution is 5.83. The van der Waals surface area contributed by atoms with Gasteiger partial charge in [-0.2, -0.15) is 9.97 Å². The van der Waals surface area contributed by atoms with Crippen molar-refractivity contribution in [2.24, 2.45) is 0 Å². The van der Waals surface area contributed by atoms with Gasteiger partial charge in [0.2, 0.25) is 5.95 Å². The topological polar surface area (TPSA) is 95.6 Å². The van der Waals surface area contributed by atoms with E-state index in [1.165, 1.54) is 0 Å². The van der Waals surface area contributed by atoms with E-state index in [2.05, 4.69) is 20.9 Å². The van der Waals surface area contributed by atoms with E-state index in [1.54, 1.807) is 4.57 Å². The molecular weight excluding hydrogens is 192 g/mol. The van der Waals surface area contributed by atoms with Crippen LogP contribution in [0.5, 0.6) is 0 Å². The van der Waals surface area contributed by atoms with Gasteiger partial charge >= 0.3 is 0 Å². The highest BCUT2D eigenvalue weighted by atomic mass is 15.2. The number of hydrogen-bond acceptors (Lipinski definition) is 5. The number of imidazole rings is 1. The van der Waals surface area contributed by atoms with Crippen LogP contribution in [-0.4, -0.2) is 19.5 Å². The van der Waals surface area contributed by atoms with Crippen molar-refractivity contribution in [2.45, 2.75) is 13.5 Å². The van der Waals surface area contributed by atoms with E-state index in [1.807, 2.05) is 6.92 Å². The molecule has 2 aromatic heterocycles. The molecule has 0 amide bonds. The molecule has 2 rings (SSSR count). The SMILES string of the molecule is C#Cc1nc2c(N)nc(N)nc2n1CC. The average molecular weight is 202 g/mol. The Labute approximate surface area is 86.3 Å². The van der Waals surface area contributed by atoms with Crippen LogP contribution in [0.3, 0.4) is 0 Å². The maximum Gasteiger partial charge on any atom is 0.224 e. The van der Waals surface area contributed by atoms with E-state index in [4.69, 9.17) is 17.9 Å². The molecule has 2 heterocycles. The Morgan fingerprint density at radius 3 is 2.67 bits per heavy atom. The molecule has 0 spiro atoms. The summed E-state index contributed by atoms with van der Waals surface area (Å²) in [7, 11) is 0. The van der Waals surface area contributed by atoms with Crippen LogP contribution in [-0.2, 0) is 6.54 Å². The molecule has 4 N–H and O–H groups in total. The highest BCUT2D eigenvalue weighted by Gasteiger charge is 2.13. The second-order valence-corrected chi connectivity index (χ2v) is 2.96. The van der Waals surface area contributed by atoms with Crippen molar-refractivity contribution < 1.29 is 0 Å². The van der Waals surface area contributed by atoms with Gasteiger partial charge in [-0.3, -0.25) is 0 Å². The number of rotatable bonds is 1. The first-order valence-corrected chi connectivity index (χ1v) is 4.43. The molecular formula is C9H10N6. The van der Waals surface area contributed by atoms with Crippen molar-refractivity contribution in [2.75, 3.05) is 11.5 Å². The lowest BCUT2D eigenvalue weighted by atomic mass is 10.5. The summed E-state index contributed by atoms with van der Waals surface area (Å²) in [6, 6.07) is 0. The molecule has 15 heavy (non-hydrogen) atoms. The van der Waals surface area contributed by atoms with Crippen LogP contribution in [0, 0.1) is 12.3 Å². The van der Waals surface area contributed by atoms with Crippen LogP contribution in [0.15, 0.2) is 0 Å². The summed E-state index contributed by atoms with van der Waals surface area (Å²) in [5, 5.41) is 0. The van der Waals surface area contributed by atoms with Gasteiger partial charge in [0.05, 0.1) is 0 Å². The van der Waals surface area contributed by atoms with Gasteiger partial charge in [0.25, 0.3) is 0 Å². The van der Waals surface area contributed by atoms with Crippen LogP contribution < -0.4 is 11.5 Å². The number of fused-ring (bicyclic) bond motifs is 1. The number of nitrogen functional groups attached to an aromatic ring is 2. The van der Waals surface area contributed by atoms with E-state index in [-0.39, 0.29) is 11.8 Å². The summed E-state index contributed by atoms with van der Waals surface area (Å²) < 4.78 is 1.77. The fourth-order valence-electron chi connectivity index (χ4n) is 1.45. The van der Waals surface area contributed by atoms with Crippen molar-refractivity contribution in [1.29, 1.82) is 0 Å². The minimum Gasteiger partial charge on any atom is -0.382 e. The molecule has 0 fully saturated rings. The van der Waals surface area contributed by atoms with Gasteiger partial charge in [0.1, 0.15) is 0 Å². The van der Waals surface area contributed by atoms with Crippen LogP contribution in [0.4, 0.5) is 11.8 Å². The lowest BCUT2D eigenvalue weighted by Gasteiger charge is -2.00. The molecule has 0 saturated heterocycles. The van der Waals surface area contributed by atoms with Gasteiger partial charge in [0.15, 0.2) is 22.8 Å². The van der Waals surface area contributed by atoms with Crippen LogP contribution in [0.2, 0.25) is 0 Å². The van der Waals surface area contributed by atoms with Gasteiger partial charge in [-0.05, 0) is 12.8 Å². The Morgan fingerprint density at radius 2 is 2.07 bits per heavy atom. The van der Waals surface area contributed by atoms with Crippen molar-refractivity contribution >= 4 is 22.9 Å². The van der Waals surface area contributed by atoms with E-state index < -0.39 is 0 Å². The van der Waals surface area contributed by atoms with Crippen molar-refractivity contribution in [3.05, 3.63) is 5.82 Å². The zero-order valence-corrected chi connectivity index (χ0v) is 8.23. The molecule has 0 radical (unpaired) electrons. The van der Waals surface area contributed by atoms with Crippen molar-refractivity contribution in [3.8, 4) is 12.3 Å². The Hall–Kier alpha value is -2.29. The summed E-state index contributed by atoms with van der Waals surface area (Å²) in [4.78, 5) is 12.1. The number of nitrogens with zero attached hydrogens (tertiary/aromatic N) is 4. The number of aromatic nitrogens is 4. The molecule has 76 valence electrons. The van der Waals surface area contributed by atoms with Crippen LogP contribution >= 0.6 is 0 Å². The van der Waals surface area contributed by atoms with Crippen molar-refractivity contribution in [3.63, 3.8) is 0 Å². The summed E-state index contributed by atoms with van der Waals surface area (Å²) in [6.07, 6.45) is 5.32. The van der Waals surface area contributed by atoms with E-state index in [0.717, 1.165) is 0 Å². The lowest BCUT2D eigenvalue weighted by molar-refractivity contribution is 0.766. The molecule has 0 bridgehead atoms. The highest BCUT2D eigenvalue weighted by Crippen LogP contribution is 2.19. The third-order valence-corrected chi connectivity index (χ3v) is 2.08. The average Bonchev–Trinajstić information content (AvgIpc) is 2.55. The standard InChI is InChI=1S/C9H10N6/c1-3-5-12-6-7(10)13-9(11)14-8(6)15(5)4-2/h1H,4H2,2H3,(H4,10,11,13,14). The first-order valence-electron chi connectivity index (χ1n) is 4.43. The third kappa shape index (κ3) is 1.25. The maximum atomic E-state index is 5.67. The summed E-state index contributed by atoms with van der Waals surface area (Å²) in [6.45, 7) is 2.60.